The smallest absolute Gasteiger partial charge is 0.460 e. The van der Waals surface area contributed by atoms with E-state index in [0.29, 0.717) is 0 Å². The highest BCUT2D eigenvalue weighted by molar-refractivity contribution is 5.22. The molecule has 0 N–H and O–H groups in total. The summed E-state index contributed by atoms with van der Waals surface area (Å²) in [7, 11) is 0. The van der Waals surface area contributed by atoms with E-state index in [1.54, 1.807) is 0 Å². The van der Waals surface area contributed by atoms with E-state index in [-0.39, 0.29) is 12.3 Å². The van der Waals surface area contributed by atoms with Gasteiger partial charge in [-0.15, -0.1) is 0 Å². The number of hydrogen-bond acceptors (Lipinski definition) is 1. The van der Waals surface area contributed by atoms with Crippen molar-refractivity contribution in [1.82, 2.24) is 0 Å². The van der Waals surface area contributed by atoms with Crippen molar-refractivity contribution in [2.75, 3.05) is 0 Å². The second-order valence-corrected chi connectivity index (χ2v) is 5.53. The predicted molar refractivity (Wildman–Crippen MR) is 58.3 cm³/mol. The zero-order valence-electron chi connectivity index (χ0n) is 13.1. The fraction of sp³-hybridized carbons (Fsp3) is 0.667. The molecule has 1 nitrogen and oxygen atoms in total. The van der Waals surface area contributed by atoms with Crippen LogP contribution in [-0.2, 0) is 5.92 Å². The molecule has 1 aromatic rings. The van der Waals surface area contributed by atoms with Gasteiger partial charge in [-0.3, -0.25) is 0 Å². The van der Waals surface area contributed by atoms with E-state index in [0.717, 1.165) is 0 Å². The Morgan fingerprint density at radius 1 is 0.467 bits per heavy atom. The van der Waals surface area contributed by atoms with Crippen LogP contribution in [0.4, 0.5) is 74.6 Å². The molecule has 0 radical (unpaired) electrons. The average molecular weight is 486 g/mol. The third-order valence-corrected chi connectivity index (χ3v) is 3.61. The lowest BCUT2D eigenvalue weighted by atomic mass is 9.88. The topological polar surface area (TPSA) is 13.1 Å². The number of halogens is 17. The molecule has 0 saturated carbocycles. The molecule has 0 aliphatic rings. The van der Waals surface area contributed by atoms with Crippen LogP contribution in [0.2, 0.25) is 0 Å². The molecular weight excluding hydrogens is 483 g/mol. The fourth-order valence-electron chi connectivity index (χ4n) is 1.79. The molecule has 1 rings (SSSR count). The molecule has 0 amide bonds. The van der Waals surface area contributed by atoms with Crippen molar-refractivity contribution in [3.05, 3.63) is 24.2 Å². The van der Waals surface area contributed by atoms with Gasteiger partial charge in [0.05, 0.1) is 18.1 Å². The number of hydrogen-bond donors (Lipinski definition) is 0. The van der Waals surface area contributed by atoms with Crippen molar-refractivity contribution in [2.45, 2.75) is 47.6 Å². The fourth-order valence-corrected chi connectivity index (χ4v) is 1.79. The van der Waals surface area contributed by atoms with Crippen molar-refractivity contribution < 1.29 is 79.1 Å². The van der Waals surface area contributed by atoms with E-state index >= 15 is 0 Å². The SMILES string of the molecule is FC(F)(F)C(F)(F)C(F)(F)C(F)(F)C(F)(F)C(F)(F)C(F)(F)C(F)(F)c1ccoc1. The first-order chi connectivity index (χ1) is 12.9. The van der Waals surface area contributed by atoms with E-state index in [1.807, 2.05) is 0 Å². The van der Waals surface area contributed by atoms with Crippen LogP contribution in [0.1, 0.15) is 5.56 Å². The van der Waals surface area contributed by atoms with Gasteiger partial charge in [0.15, 0.2) is 0 Å². The summed E-state index contributed by atoms with van der Waals surface area (Å²) in [5.74, 6) is -56.5. The second-order valence-electron chi connectivity index (χ2n) is 5.53. The van der Waals surface area contributed by atoms with Crippen molar-refractivity contribution in [3.63, 3.8) is 0 Å². The normalized spacial score (nSPS) is 16.2. The molecule has 0 unspecified atom stereocenters. The monoisotopic (exact) mass is 486 g/mol. The molecule has 0 aromatic carbocycles. The quantitative estimate of drug-likeness (QED) is 0.389. The Labute approximate surface area is 152 Å². The van der Waals surface area contributed by atoms with Gasteiger partial charge in [-0.25, -0.2) is 0 Å². The standard InChI is InChI=1S/C12H3F17O/c13-5(14,4-1-2-30-3-4)6(15,16)7(17,18)8(19,20)9(21,22)10(23,24)11(25,26)12(27,28)29/h1-3H. The van der Waals surface area contributed by atoms with Crippen molar-refractivity contribution in [3.8, 4) is 0 Å². The molecule has 1 aromatic heterocycles. The highest BCUT2D eigenvalue weighted by Crippen LogP contribution is 2.64. The Bertz CT molecular complexity index is 741. The van der Waals surface area contributed by atoms with Crippen LogP contribution >= 0.6 is 0 Å². The first-order valence-corrected chi connectivity index (χ1v) is 6.59. The Balaban J connectivity index is 3.67. The summed E-state index contributed by atoms with van der Waals surface area (Å²) in [6.07, 6.45) is -8.18. The number of alkyl halides is 17. The molecule has 0 fully saturated rings. The van der Waals surface area contributed by atoms with Crippen LogP contribution in [0, 0.1) is 0 Å². The summed E-state index contributed by atoms with van der Waals surface area (Å²) in [6, 6.07) is -0.271. The van der Waals surface area contributed by atoms with Crippen molar-refractivity contribution >= 4 is 0 Å². The summed E-state index contributed by atoms with van der Waals surface area (Å²) in [5, 5.41) is 0. The number of furan rings is 1. The van der Waals surface area contributed by atoms with Gasteiger partial charge in [0.1, 0.15) is 0 Å². The van der Waals surface area contributed by atoms with Gasteiger partial charge >= 0.3 is 47.6 Å². The summed E-state index contributed by atoms with van der Waals surface area (Å²) in [5.41, 5.74) is -2.38. The lowest BCUT2D eigenvalue weighted by molar-refractivity contribution is -0.462. The van der Waals surface area contributed by atoms with E-state index in [4.69, 9.17) is 0 Å². The molecule has 176 valence electrons. The maximum Gasteiger partial charge on any atom is 0.460 e. The average Bonchev–Trinajstić information content (AvgIpc) is 3.07. The van der Waals surface area contributed by atoms with Crippen LogP contribution in [0.5, 0.6) is 0 Å². The van der Waals surface area contributed by atoms with Crippen LogP contribution < -0.4 is 0 Å². The summed E-state index contributed by atoms with van der Waals surface area (Å²) in [4.78, 5) is 0. The minimum Gasteiger partial charge on any atom is -0.472 e. The first kappa shape index (κ1) is 26.1. The van der Waals surface area contributed by atoms with Crippen LogP contribution in [-0.4, -0.2) is 41.7 Å². The van der Waals surface area contributed by atoms with Gasteiger partial charge in [-0.1, -0.05) is 0 Å². The predicted octanol–water partition coefficient (Wildman–Crippen LogP) is 6.75. The lowest BCUT2D eigenvalue weighted by Crippen LogP contribution is -2.74. The maximum atomic E-state index is 13.5. The zero-order chi connectivity index (χ0) is 24.4. The highest BCUT2D eigenvalue weighted by Gasteiger charge is 2.95. The molecule has 18 heteroatoms. The van der Waals surface area contributed by atoms with E-state index in [9.17, 15) is 74.6 Å². The van der Waals surface area contributed by atoms with Gasteiger partial charge in [0.25, 0.3) is 0 Å². The van der Waals surface area contributed by atoms with Gasteiger partial charge in [0, 0.05) is 0 Å². The third kappa shape index (κ3) is 2.99. The van der Waals surface area contributed by atoms with Crippen molar-refractivity contribution in [1.29, 1.82) is 0 Å². The molecule has 30 heavy (non-hydrogen) atoms. The molecule has 0 spiro atoms. The highest BCUT2D eigenvalue weighted by atomic mass is 19.4. The van der Waals surface area contributed by atoms with Crippen molar-refractivity contribution in [2.24, 2.45) is 0 Å². The molecule has 0 aliphatic carbocycles. The van der Waals surface area contributed by atoms with Gasteiger partial charge in [0.2, 0.25) is 0 Å². The van der Waals surface area contributed by atoms with Crippen LogP contribution in [0.3, 0.4) is 0 Å². The first-order valence-electron chi connectivity index (χ1n) is 6.59. The minimum atomic E-state index is -8.63. The molecule has 1 heterocycles. The minimum absolute atomic E-state index is 0.0717. The van der Waals surface area contributed by atoms with E-state index < -0.39 is 59.5 Å². The summed E-state index contributed by atoms with van der Waals surface area (Å²) in [6.45, 7) is 0. The largest absolute Gasteiger partial charge is 0.472 e. The van der Waals surface area contributed by atoms with E-state index in [1.165, 1.54) is 0 Å². The van der Waals surface area contributed by atoms with Crippen LogP contribution in [0.25, 0.3) is 0 Å². The third-order valence-electron chi connectivity index (χ3n) is 3.61. The zero-order valence-corrected chi connectivity index (χ0v) is 13.1. The Morgan fingerprint density at radius 3 is 1.10 bits per heavy atom. The molecule has 0 saturated heterocycles. The van der Waals surface area contributed by atoms with E-state index in [2.05, 4.69) is 4.42 Å². The van der Waals surface area contributed by atoms with Gasteiger partial charge in [-0.2, -0.15) is 74.6 Å². The van der Waals surface area contributed by atoms with Gasteiger partial charge in [-0.05, 0) is 6.07 Å². The summed E-state index contributed by atoms with van der Waals surface area (Å²) >= 11 is 0. The Morgan fingerprint density at radius 2 is 0.800 bits per heavy atom. The van der Waals surface area contributed by atoms with Crippen LogP contribution in [0.15, 0.2) is 23.0 Å². The van der Waals surface area contributed by atoms with Gasteiger partial charge < -0.3 is 4.42 Å². The second kappa shape index (κ2) is 6.54. The molecule has 0 aliphatic heterocycles. The number of rotatable bonds is 7. The molecule has 0 atom stereocenters. The summed E-state index contributed by atoms with van der Waals surface area (Å²) < 4.78 is 224. The molecular formula is C12H3F17O. The molecule has 0 bridgehead atoms. The Hall–Kier alpha value is -1.91. The maximum absolute atomic E-state index is 13.5. The lowest BCUT2D eigenvalue weighted by Gasteiger charge is -2.42. The Kier molecular flexibility index (Phi) is 5.70.